The number of likely N-dealkylation sites (tertiary alicyclic amines) is 1. The fourth-order valence-corrected chi connectivity index (χ4v) is 2.30. The van der Waals surface area contributed by atoms with E-state index in [0.29, 0.717) is 13.1 Å². The maximum atomic E-state index is 11.8. The number of benzene rings is 1. The lowest BCUT2D eigenvalue weighted by molar-refractivity contribution is -0.384. The first-order chi connectivity index (χ1) is 12.0. The monoisotopic (exact) mass is 350 g/mol. The van der Waals surface area contributed by atoms with E-state index in [9.17, 15) is 19.7 Å². The highest BCUT2D eigenvalue weighted by Crippen LogP contribution is 2.28. The molecule has 0 radical (unpaired) electrons. The number of carbonyl (C=O) groups is 2. The molecule has 2 amide bonds. The molecule has 1 heterocycles. The summed E-state index contributed by atoms with van der Waals surface area (Å²) in [5.41, 5.74) is 0.0879. The van der Waals surface area contributed by atoms with Crippen LogP contribution >= 0.6 is 0 Å². The van der Waals surface area contributed by atoms with Crippen LogP contribution in [0.5, 0.6) is 5.75 Å². The van der Waals surface area contributed by atoms with Crippen molar-refractivity contribution < 1.29 is 24.1 Å². The third-order valence-electron chi connectivity index (χ3n) is 3.55. The Morgan fingerprint density at radius 2 is 2.12 bits per heavy atom. The zero-order valence-electron chi connectivity index (χ0n) is 13.6. The minimum atomic E-state index is -0.624. The third kappa shape index (κ3) is 5.16. The molecule has 0 saturated carbocycles. The van der Waals surface area contributed by atoms with Gasteiger partial charge in [0.15, 0.2) is 6.61 Å². The number of nitro benzene ring substituents is 1. The molecule has 1 aliphatic rings. The van der Waals surface area contributed by atoms with Crippen LogP contribution in [0.1, 0.15) is 12.8 Å². The van der Waals surface area contributed by atoms with Crippen molar-refractivity contribution >= 4 is 29.4 Å². The molecule has 0 aromatic heterocycles. The lowest BCUT2D eigenvalue weighted by atomic mass is 10.2. The Balaban J connectivity index is 1.85. The Morgan fingerprint density at radius 3 is 2.76 bits per heavy atom. The summed E-state index contributed by atoms with van der Waals surface area (Å²) in [5.74, 6) is -0.658. The highest BCUT2D eigenvalue weighted by molar-refractivity contribution is 6.31. The molecule has 25 heavy (non-hydrogen) atoms. The Morgan fingerprint density at radius 1 is 1.40 bits per heavy atom. The normalized spacial score (nSPS) is 13.7. The topological polar surface area (TPSA) is 123 Å². The lowest BCUT2D eigenvalue weighted by Crippen LogP contribution is -2.30. The molecular weight excluding hydrogens is 332 g/mol. The van der Waals surface area contributed by atoms with Gasteiger partial charge in [-0.1, -0.05) is 5.16 Å². The maximum Gasteiger partial charge on any atom is 0.273 e. The van der Waals surface area contributed by atoms with Gasteiger partial charge in [0.05, 0.1) is 23.8 Å². The molecule has 1 saturated heterocycles. The summed E-state index contributed by atoms with van der Waals surface area (Å²) in [7, 11) is 1.33. The number of rotatable bonds is 7. The third-order valence-corrected chi connectivity index (χ3v) is 3.55. The van der Waals surface area contributed by atoms with Gasteiger partial charge in [0.2, 0.25) is 0 Å². The highest BCUT2D eigenvalue weighted by atomic mass is 16.6. The number of non-ortho nitro benzene ring substituents is 1. The van der Waals surface area contributed by atoms with E-state index in [1.54, 1.807) is 4.90 Å². The predicted octanol–water partition coefficient (Wildman–Crippen LogP) is 1.17. The number of hydrogen-bond donors (Lipinski definition) is 1. The molecule has 1 aromatic carbocycles. The van der Waals surface area contributed by atoms with Gasteiger partial charge in [0.1, 0.15) is 12.0 Å². The van der Waals surface area contributed by atoms with Crippen molar-refractivity contribution in [3.8, 4) is 5.75 Å². The smallest absolute Gasteiger partial charge is 0.273 e. The van der Waals surface area contributed by atoms with E-state index in [1.807, 2.05) is 0 Å². The number of nitrogens with zero attached hydrogens (tertiary/aromatic N) is 3. The van der Waals surface area contributed by atoms with Crippen LogP contribution in [0.3, 0.4) is 0 Å². The number of ether oxygens (including phenoxy) is 1. The largest absolute Gasteiger partial charge is 0.494 e. The molecule has 0 unspecified atom stereocenters. The molecule has 0 bridgehead atoms. The number of nitro groups is 1. The van der Waals surface area contributed by atoms with E-state index in [4.69, 9.17) is 9.57 Å². The van der Waals surface area contributed by atoms with E-state index in [0.717, 1.165) is 19.1 Å². The Labute approximate surface area is 143 Å². The van der Waals surface area contributed by atoms with Crippen LogP contribution in [-0.4, -0.2) is 54.7 Å². The second-order valence-corrected chi connectivity index (χ2v) is 5.23. The summed E-state index contributed by atoms with van der Waals surface area (Å²) in [5, 5.41) is 16.6. The zero-order valence-corrected chi connectivity index (χ0v) is 13.6. The first-order valence-corrected chi connectivity index (χ1v) is 7.58. The molecule has 10 nitrogen and oxygen atoms in total. The molecule has 2 rings (SSSR count). The van der Waals surface area contributed by atoms with Gasteiger partial charge in [-0.2, -0.15) is 0 Å². The van der Waals surface area contributed by atoms with Crippen LogP contribution in [-0.2, 0) is 14.4 Å². The molecule has 1 fully saturated rings. The van der Waals surface area contributed by atoms with Gasteiger partial charge >= 0.3 is 0 Å². The summed E-state index contributed by atoms with van der Waals surface area (Å²) in [6.07, 6.45) is 2.83. The van der Waals surface area contributed by atoms with E-state index >= 15 is 0 Å². The van der Waals surface area contributed by atoms with Crippen molar-refractivity contribution in [2.45, 2.75) is 12.8 Å². The maximum absolute atomic E-state index is 11.8. The Bertz CT molecular complexity index is 685. The zero-order chi connectivity index (χ0) is 18.2. The quantitative estimate of drug-likeness (QED) is 0.447. The number of oxime groups is 1. The minimum absolute atomic E-state index is 0.140. The van der Waals surface area contributed by atoms with E-state index in [-0.39, 0.29) is 29.6 Å². The fraction of sp³-hybridized carbons (Fsp3) is 0.400. The standard InChI is InChI=1S/C15H18N4O6/c1-24-13-8-11(19(22)23)4-5-12(13)17-14(20)9-16-25-10-15(21)18-6-2-3-7-18/h4-5,8-9H,2-3,6-7,10H2,1H3,(H,17,20)/b16-9-. The second-order valence-electron chi connectivity index (χ2n) is 5.23. The summed E-state index contributed by atoms with van der Waals surface area (Å²) in [6, 6.07) is 3.78. The van der Waals surface area contributed by atoms with Crippen LogP contribution in [0.4, 0.5) is 11.4 Å². The summed E-state index contributed by atoms with van der Waals surface area (Å²) >= 11 is 0. The van der Waals surface area contributed by atoms with Crippen LogP contribution in [0.15, 0.2) is 23.4 Å². The van der Waals surface area contributed by atoms with E-state index in [1.165, 1.54) is 25.3 Å². The number of hydrogen-bond acceptors (Lipinski definition) is 7. The molecule has 0 aliphatic carbocycles. The van der Waals surface area contributed by atoms with Crippen molar-refractivity contribution in [3.05, 3.63) is 28.3 Å². The van der Waals surface area contributed by atoms with Crippen molar-refractivity contribution in [3.63, 3.8) is 0 Å². The van der Waals surface area contributed by atoms with Crippen LogP contribution in [0.25, 0.3) is 0 Å². The van der Waals surface area contributed by atoms with Crippen LogP contribution in [0.2, 0.25) is 0 Å². The SMILES string of the molecule is COc1cc([N+](=O)[O-])ccc1NC(=O)/C=N\OCC(=O)N1CCCC1. The first kappa shape index (κ1) is 18.2. The number of amides is 2. The lowest BCUT2D eigenvalue weighted by Gasteiger charge is -2.13. The molecule has 0 spiro atoms. The van der Waals surface area contributed by atoms with Crippen molar-refractivity contribution in [2.24, 2.45) is 5.16 Å². The average molecular weight is 350 g/mol. The highest BCUT2D eigenvalue weighted by Gasteiger charge is 2.18. The fourth-order valence-electron chi connectivity index (χ4n) is 2.30. The Kier molecular flexibility index (Phi) is 6.26. The molecule has 1 aromatic rings. The van der Waals surface area contributed by atoms with Crippen molar-refractivity contribution in [2.75, 3.05) is 32.1 Å². The van der Waals surface area contributed by atoms with Gasteiger partial charge in [-0.3, -0.25) is 19.7 Å². The summed E-state index contributed by atoms with van der Waals surface area (Å²) in [4.78, 5) is 40.1. The molecular formula is C15H18N4O6. The number of nitrogens with one attached hydrogen (secondary N) is 1. The molecule has 1 N–H and O–H groups in total. The number of anilines is 1. The summed E-state index contributed by atoms with van der Waals surface area (Å²) in [6.45, 7) is 1.20. The van der Waals surface area contributed by atoms with E-state index in [2.05, 4.69) is 10.5 Å². The predicted molar refractivity (Wildman–Crippen MR) is 88.5 cm³/mol. The Hall–Kier alpha value is -3.17. The number of carbonyl (C=O) groups excluding carboxylic acids is 2. The molecule has 0 atom stereocenters. The van der Waals surface area contributed by atoms with Gasteiger partial charge in [0, 0.05) is 19.2 Å². The summed E-state index contributed by atoms with van der Waals surface area (Å²) < 4.78 is 5.01. The molecule has 134 valence electrons. The van der Waals surface area contributed by atoms with Crippen molar-refractivity contribution in [1.29, 1.82) is 0 Å². The van der Waals surface area contributed by atoms with Gasteiger partial charge in [-0.25, -0.2) is 0 Å². The van der Waals surface area contributed by atoms with Gasteiger partial charge < -0.3 is 19.8 Å². The minimum Gasteiger partial charge on any atom is -0.494 e. The van der Waals surface area contributed by atoms with Crippen LogP contribution < -0.4 is 10.1 Å². The first-order valence-electron chi connectivity index (χ1n) is 7.58. The van der Waals surface area contributed by atoms with E-state index < -0.39 is 10.8 Å². The second kappa shape index (κ2) is 8.62. The molecule has 1 aliphatic heterocycles. The molecule has 10 heteroatoms. The van der Waals surface area contributed by atoms with Gasteiger partial charge in [-0.05, 0) is 18.9 Å². The van der Waals surface area contributed by atoms with Gasteiger partial charge in [0.25, 0.3) is 17.5 Å². The van der Waals surface area contributed by atoms with Gasteiger partial charge in [-0.15, -0.1) is 0 Å². The van der Waals surface area contributed by atoms with Crippen LogP contribution in [0, 0.1) is 10.1 Å². The average Bonchev–Trinajstić information content (AvgIpc) is 3.13. The number of methoxy groups -OCH3 is 1. The van der Waals surface area contributed by atoms with Crippen molar-refractivity contribution in [1.82, 2.24) is 4.90 Å².